The molecular formula is C16H25NO2S. The summed E-state index contributed by atoms with van der Waals surface area (Å²) in [6, 6.07) is 7.26. The maximum Gasteiger partial charge on any atom is 0.240 e. The molecule has 1 aromatic rings. The first-order valence-electron chi connectivity index (χ1n) is 7.55. The van der Waals surface area contributed by atoms with E-state index in [1.807, 2.05) is 12.1 Å². The fourth-order valence-corrected chi connectivity index (χ4v) is 4.28. The summed E-state index contributed by atoms with van der Waals surface area (Å²) in [6.07, 6.45) is 4.17. The van der Waals surface area contributed by atoms with Crippen LogP contribution < -0.4 is 4.72 Å². The van der Waals surface area contributed by atoms with Gasteiger partial charge in [0, 0.05) is 6.04 Å². The molecule has 1 N–H and O–H groups in total. The molecule has 0 radical (unpaired) electrons. The molecule has 1 saturated carbocycles. The van der Waals surface area contributed by atoms with Crippen molar-refractivity contribution in [2.75, 3.05) is 0 Å². The Morgan fingerprint density at radius 2 is 1.80 bits per heavy atom. The Labute approximate surface area is 122 Å². The third-order valence-corrected chi connectivity index (χ3v) is 6.16. The minimum Gasteiger partial charge on any atom is -0.208 e. The summed E-state index contributed by atoms with van der Waals surface area (Å²) in [7, 11) is -3.39. The molecule has 1 aliphatic carbocycles. The lowest BCUT2D eigenvalue weighted by Gasteiger charge is -2.34. The van der Waals surface area contributed by atoms with Crippen LogP contribution in [0.3, 0.4) is 0 Å². The van der Waals surface area contributed by atoms with E-state index in [1.165, 1.54) is 6.42 Å². The molecule has 20 heavy (non-hydrogen) atoms. The van der Waals surface area contributed by atoms with Gasteiger partial charge in [0.05, 0.1) is 4.90 Å². The van der Waals surface area contributed by atoms with Gasteiger partial charge >= 0.3 is 0 Å². The highest BCUT2D eigenvalue weighted by molar-refractivity contribution is 7.89. The quantitative estimate of drug-likeness (QED) is 0.926. The number of aryl methyl sites for hydroxylation is 1. The molecule has 2 rings (SSSR count). The average Bonchev–Trinajstić information content (AvgIpc) is 2.44. The molecule has 1 aliphatic rings. The predicted molar refractivity (Wildman–Crippen MR) is 82.1 cm³/mol. The van der Waals surface area contributed by atoms with Crippen LogP contribution in [0.4, 0.5) is 0 Å². The summed E-state index contributed by atoms with van der Waals surface area (Å²) >= 11 is 0. The van der Waals surface area contributed by atoms with E-state index < -0.39 is 10.0 Å². The van der Waals surface area contributed by atoms with E-state index in [9.17, 15) is 8.42 Å². The third-order valence-electron chi connectivity index (χ3n) is 4.66. The molecule has 1 fully saturated rings. The molecule has 0 spiro atoms. The zero-order valence-corrected chi connectivity index (χ0v) is 13.4. The summed E-state index contributed by atoms with van der Waals surface area (Å²) in [5.41, 5.74) is 1.16. The van der Waals surface area contributed by atoms with Crippen LogP contribution in [-0.4, -0.2) is 14.5 Å². The van der Waals surface area contributed by atoms with Crippen LogP contribution in [-0.2, 0) is 16.4 Å². The van der Waals surface area contributed by atoms with Crippen molar-refractivity contribution in [3.63, 3.8) is 0 Å². The Morgan fingerprint density at radius 1 is 1.15 bits per heavy atom. The van der Waals surface area contributed by atoms with E-state index in [0.717, 1.165) is 24.8 Å². The second-order valence-corrected chi connectivity index (χ2v) is 7.71. The summed E-state index contributed by atoms with van der Waals surface area (Å²) in [5, 5.41) is 0. The van der Waals surface area contributed by atoms with Gasteiger partial charge < -0.3 is 0 Å². The first-order valence-corrected chi connectivity index (χ1v) is 9.03. The number of hydrogen-bond acceptors (Lipinski definition) is 2. The van der Waals surface area contributed by atoms with E-state index in [1.54, 1.807) is 12.1 Å². The van der Waals surface area contributed by atoms with Crippen LogP contribution in [0.2, 0.25) is 0 Å². The molecule has 0 heterocycles. The smallest absolute Gasteiger partial charge is 0.208 e. The van der Waals surface area contributed by atoms with Gasteiger partial charge in [0.1, 0.15) is 0 Å². The lowest BCUT2D eigenvalue weighted by Crippen LogP contribution is -2.43. The summed E-state index contributed by atoms with van der Waals surface area (Å²) in [6.45, 7) is 6.42. The molecule has 1 aromatic carbocycles. The Balaban J connectivity index is 2.13. The van der Waals surface area contributed by atoms with Gasteiger partial charge in [-0.1, -0.05) is 45.7 Å². The number of sulfonamides is 1. The molecule has 0 aromatic heterocycles. The predicted octanol–water partition coefficient (Wildman–Crippen LogP) is 3.35. The molecule has 3 atom stereocenters. The van der Waals surface area contributed by atoms with Crippen LogP contribution >= 0.6 is 0 Å². The summed E-state index contributed by atoms with van der Waals surface area (Å²) < 4.78 is 27.8. The fourth-order valence-electron chi connectivity index (χ4n) is 2.92. The summed E-state index contributed by atoms with van der Waals surface area (Å²) in [4.78, 5) is 0.375. The largest absolute Gasteiger partial charge is 0.240 e. The Bertz CT molecular complexity index is 536. The fraction of sp³-hybridized carbons (Fsp3) is 0.625. The average molecular weight is 295 g/mol. The SMILES string of the molecule is CCc1ccc(S(=O)(=O)N[C@H]2CCC[C@@H](C)[C@@H]2C)cc1. The Hall–Kier alpha value is -0.870. The first-order chi connectivity index (χ1) is 9.44. The molecule has 112 valence electrons. The lowest BCUT2D eigenvalue weighted by atomic mass is 9.78. The highest BCUT2D eigenvalue weighted by Crippen LogP contribution is 2.30. The van der Waals surface area contributed by atoms with Gasteiger partial charge in [-0.05, 0) is 42.4 Å². The number of benzene rings is 1. The first kappa shape index (κ1) is 15.5. The molecule has 4 heteroatoms. The van der Waals surface area contributed by atoms with E-state index in [0.29, 0.717) is 16.7 Å². The van der Waals surface area contributed by atoms with Crippen molar-refractivity contribution < 1.29 is 8.42 Å². The van der Waals surface area contributed by atoms with E-state index in [2.05, 4.69) is 25.5 Å². The van der Waals surface area contributed by atoms with Gasteiger partial charge in [0.2, 0.25) is 10.0 Å². The van der Waals surface area contributed by atoms with Crippen molar-refractivity contribution in [2.24, 2.45) is 11.8 Å². The molecule has 0 amide bonds. The van der Waals surface area contributed by atoms with Crippen LogP contribution in [0.15, 0.2) is 29.2 Å². The maximum atomic E-state index is 12.4. The normalized spacial score (nSPS) is 27.4. The van der Waals surface area contributed by atoms with Crippen molar-refractivity contribution in [3.8, 4) is 0 Å². The summed E-state index contributed by atoms with van der Waals surface area (Å²) in [5.74, 6) is 0.979. The van der Waals surface area contributed by atoms with Crippen molar-refractivity contribution in [3.05, 3.63) is 29.8 Å². The number of hydrogen-bond donors (Lipinski definition) is 1. The van der Waals surface area contributed by atoms with E-state index in [-0.39, 0.29) is 6.04 Å². The number of rotatable bonds is 4. The molecule has 0 unspecified atom stereocenters. The van der Waals surface area contributed by atoms with E-state index >= 15 is 0 Å². The van der Waals surface area contributed by atoms with Gasteiger partial charge in [-0.2, -0.15) is 0 Å². The lowest BCUT2D eigenvalue weighted by molar-refractivity contribution is 0.227. The zero-order valence-electron chi connectivity index (χ0n) is 12.6. The van der Waals surface area contributed by atoms with Crippen molar-refractivity contribution in [2.45, 2.75) is 57.4 Å². The monoisotopic (exact) mass is 295 g/mol. The molecule has 3 nitrogen and oxygen atoms in total. The van der Waals surface area contributed by atoms with Crippen molar-refractivity contribution in [1.29, 1.82) is 0 Å². The van der Waals surface area contributed by atoms with E-state index in [4.69, 9.17) is 0 Å². The number of nitrogens with one attached hydrogen (secondary N) is 1. The zero-order chi connectivity index (χ0) is 14.8. The van der Waals surface area contributed by atoms with Crippen LogP contribution in [0.5, 0.6) is 0 Å². The van der Waals surface area contributed by atoms with Crippen molar-refractivity contribution >= 4 is 10.0 Å². The van der Waals surface area contributed by atoms with Crippen LogP contribution in [0.1, 0.15) is 45.6 Å². The second-order valence-electron chi connectivity index (χ2n) is 5.99. The molecule has 0 aliphatic heterocycles. The van der Waals surface area contributed by atoms with Gasteiger partial charge in [-0.25, -0.2) is 13.1 Å². The molecule has 0 bridgehead atoms. The highest BCUT2D eigenvalue weighted by Gasteiger charge is 2.30. The minimum atomic E-state index is -3.39. The third kappa shape index (κ3) is 3.41. The minimum absolute atomic E-state index is 0.0644. The Kier molecular flexibility index (Phi) is 4.86. The highest BCUT2D eigenvalue weighted by atomic mass is 32.2. The Morgan fingerprint density at radius 3 is 2.40 bits per heavy atom. The van der Waals surface area contributed by atoms with Crippen LogP contribution in [0, 0.1) is 11.8 Å². The molecular weight excluding hydrogens is 270 g/mol. The molecule has 0 saturated heterocycles. The maximum absolute atomic E-state index is 12.4. The topological polar surface area (TPSA) is 46.2 Å². The van der Waals surface area contributed by atoms with Gasteiger partial charge in [0.15, 0.2) is 0 Å². The van der Waals surface area contributed by atoms with Crippen molar-refractivity contribution in [1.82, 2.24) is 4.72 Å². The van der Waals surface area contributed by atoms with Gasteiger partial charge in [-0.3, -0.25) is 0 Å². The van der Waals surface area contributed by atoms with Crippen LogP contribution in [0.25, 0.3) is 0 Å². The standard InChI is InChI=1S/C16H25NO2S/c1-4-14-8-10-15(11-9-14)20(18,19)17-16-7-5-6-12(2)13(16)3/h8-13,16-17H,4-7H2,1-3H3/t12-,13+,16+/m1/s1. The second kappa shape index (κ2) is 6.27. The van der Waals surface area contributed by atoms with Gasteiger partial charge in [0.25, 0.3) is 0 Å². The van der Waals surface area contributed by atoms with Gasteiger partial charge in [-0.15, -0.1) is 0 Å².